The van der Waals surface area contributed by atoms with Crippen molar-refractivity contribution in [3.63, 3.8) is 0 Å². The summed E-state index contributed by atoms with van der Waals surface area (Å²) >= 11 is 0. The third-order valence-corrected chi connectivity index (χ3v) is 4.66. The summed E-state index contributed by atoms with van der Waals surface area (Å²) in [6, 6.07) is 13.9. The number of ether oxygens (including phenoxy) is 2. The van der Waals surface area contributed by atoms with E-state index in [4.69, 9.17) is 26.4 Å². The number of carbonyl (C=O) groups is 2. The van der Waals surface area contributed by atoms with Crippen molar-refractivity contribution in [2.75, 3.05) is 6.61 Å². The van der Waals surface area contributed by atoms with E-state index in [9.17, 15) is 9.59 Å². The molecule has 0 fully saturated rings. The number of primary amides is 1. The maximum atomic E-state index is 12.8. The number of aryl methyl sites for hydroxylation is 1. The molecule has 3 rings (SSSR count). The quantitative estimate of drug-likeness (QED) is 0.276. The third-order valence-electron chi connectivity index (χ3n) is 4.66. The number of aromatic nitrogens is 1. The van der Waals surface area contributed by atoms with E-state index < -0.39 is 5.91 Å². The van der Waals surface area contributed by atoms with Crippen molar-refractivity contribution in [1.29, 1.82) is 5.41 Å². The molecule has 1 aromatic heterocycles. The third kappa shape index (κ3) is 6.79. The van der Waals surface area contributed by atoms with Gasteiger partial charge in [0.1, 0.15) is 23.9 Å². The van der Waals surface area contributed by atoms with Crippen molar-refractivity contribution < 1.29 is 19.1 Å². The largest absolute Gasteiger partial charge is 0.489 e. The topological polar surface area (TPSA) is 153 Å². The van der Waals surface area contributed by atoms with Crippen LogP contribution in [0.3, 0.4) is 0 Å². The van der Waals surface area contributed by atoms with E-state index in [1.807, 2.05) is 25.1 Å². The van der Waals surface area contributed by atoms with Gasteiger partial charge in [-0.15, -0.1) is 0 Å². The Balaban J connectivity index is 1.70. The van der Waals surface area contributed by atoms with Crippen molar-refractivity contribution >= 4 is 17.6 Å². The smallest absolute Gasteiger partial charge is 0.255 e. The molecule has 9 nitrogen and oxygen atoms in total. The zero-order valence-electron chi connectivity index (χ0n) is 18.1. The Morgan fingerprint density at radius 2 is 1.76 bits per heavy atom. The van der Waals surface area contributed by atoms with Crippen LogP contribution >= 0.6 is 0 Å². The maximum Gasteiger partial charge on any atom is 0.255 e. The molecule has 6 N–H and O–H groups in total. The zero-order chi connectivity index (χ0) is 23.8. The number of hydrogen-bond donors (Lipinski definition) is 4. The molecular formula is C24H25N5O4. The lowest BCUT2D eigenvalue weighted by atomic mass is 10.1. The number of pyridine rings is 1. The Morgan fingerprint density at radius 3 is 2.45 bits per heavy atom. The second-order valence-electron chi connectivity index (χ2n) is 7.35. The number of nitrogens with zero attached hydrogens (tertiary/aromatic N) is 1. The fraction of sp³-hybridized carbons (Fsp3) is 0.167. The summed E-state index contributed by atoms with van der Waals surface area (Å²) < 4.78 is 11.3. The van der Waals surface area contributed by atoms with Crippen LogP contribution in [0, 0.1) is 12.3 Å². The summed E-state index contributed by atoms with van der Waals surface area (Å²) in [5, 5.41) is 10.4. The number of rotatable bonds is 10. The number of amidine groups is 1. The minimum absolute atomic E-state index is 0.131. The fourth-order valence-electron chi connectivity index (χ4n) is 3.04. The lowest BCUT2D eigenvalue weighted by Crippen LogP contribution is -2.24. The van der Waals surface area contributed by atoms with Gasteiger partial charge in [0, 0.05) is 35.6 Å². The van der Waals surface area contributed by atoms with Crippen LogP contribution in [0.15, 0.2) is 60.9 Å². The van der Waals surface area contributed by atoms with Crippen LogP contribution in [0.4, 0.5) is 0 Å². The summed E-state index contributed by atoms with van der Waals surface area (Å²) in [5.41, 5.74) is 14.0. The van der Waals surface area contributed by atoms with Crippen LogP contribution in [-0.2, 0) is 17.9 Å². The Hall–Kier alpha value is -4.40. The van der Waals surface area contributed by atoms with Gasteiger partial charge in [-0.2, -0.15) is 0 Å². The normalized spacial score (nSPS) is 10.3. The van der Waals surface area contributed by atoms with Gasteiger partial charge in [-0.05, 0) is 54.4 Å². The molecule has 0 radical (unpaired) electrons. The number of benzene rings is 2. The molecule has 0 aliphatic carbocycles. The molecule has 2 amide bonds. The number of carbonyl (C=O) groups excluding carboxylic acids is 2. The molecule has 0 aliphatic rings. The first-order chi connectivity index (χ1) is 15.8. The highest BCUT2D eigenvalue weighted by Crippen LogP contribution is 2.22. The monoisotopic (exact) mass is 447 g/mol. The van der Waals surface area contributed by atoms with Gasteiger partial charge in [-0.25, -0.2) is 0 Å². The molecule has 33 heavy (non-hydrogen) atoms. The molecule has 0 saturated carbocycles. The van der Waals surface area contributed by atoms with Gasteiger partial charge in [0.15, 0.2) is 6.61 Å². The van der Waals surface area contributed by atoms with Crippen LogP contribution in [-0.4, -0.2) is 29.2 Å². The Labute approximate surface area is 191 Å². The molecular weight excluding hydrogens is 422 g/mol. The van der Waals surface area contributed by atoms with Crippen molar-refractivity contribution in [3.05, 3.63) is 88.7 Å². The van der Waals surface area contributed by atoms with Crippen molar-refractivity contribution in [2.45, 2.75) is 20.1 Å². The lowest BCUT2D eigenvalue weighted by molar-refractivity contribution is -0.119. The summed E-state index contributed by atoms with van der Waals surface area (Å²) in [6.07, 6.45) is 3.39. The molecule has 0 spiro atoms. The molecule has 170 valence electrons. The second kappa shape index (κ2) is 10.8. The fourth-order valence-corrected chi connectivity index (χ4v) is 3.04. The summed E-state index contributed by atoms with van der Waals surface area (Å²) in [6.45, 7) is 2.03. The predicted molar refractivity (Wildman–Crippen MR) is 123 cm³/mol. The van der Waals surface area contributed by atoms with E-state index in [0.717, 1.165) is 11.1 Å². The van der Waals surface area contributed by atoms with E-state index in [1.54, 1.807) is 36.7 Å². The highest BCUT2D eigenvalue weighted by atomic mass is 16.5. The van der Waals surface area contributed by atoms with Crippen LogP contribution < -0.4 is 26.3 Å². The summed E-state index contributed by atoms with van der Waals surface area (Å²) in [7, 11) is 0. The molecule has 2 aromatic carbocycles. The van der Waals surface area contributed by atoms with Crippen LogP contribution in [0.5, 0.6) is 11.5 Å². The Kier molecular flexibility index (Phi) is 7.59. The molecule has 1 heterocycles. The predicted octanol–water partition coefficient (Wildman–Crippen LogP) is 2.05. The molecule has 0 saturated heterocycles. The lowest BCUT2D eigenvalue weighted by Gasteiger charge is -2.14. The summed E-state index contributed by atoms with van der Waals surface area (Å²) in [5.74, 6) is -0.199. The second-order valence-corrected chi connectivity index (χ2v) is 7.35. The maximum absolute atomic E-state index is 12.8. The average molecular weight is 447 g/mol. The summed E-state index contributed by atoms with van der Waals surface area (Å²) in [4.78, 5) is 27.9. The van der Waals surface area contributed by atoms with Gasteiger partial charge in [0.25, 0.3) is 11.8 Å². The first kappa shape index (κ1) is 23.3. The molecule has 0 unspecified atom stereocenters. The minimum Gasteiger partial charge on any atom is -0.489 e. The van der Waals surface area contributed by atoms with Gasteiger partial charge in [-0.3, -0.25) is 20.0 Å². The number of nitrogens with two attached hydrogens (primary N) is 2. The van der Waals surface area contributed by atoms with Gasteiger partial charge >= 0.3 is 0 Å². The molecule has 3 aromatic rings. The standard InChI is InChI=1S/C24H25N5O4/c1-15-8-19(10-20(9-15)32-13-16-4-6-28-7-5-16)24(31)29-12-18-3-2-17(23(26)27)11-21(18)33-14-22(25)30/h2-11H,12-14H2,1H3,(H2,25,30)(H3,26,27)(H,29,31). The Morgan fingerprint density at radius 1 is 1.00 bits per heavy atom. The van der Waals surface area contributed by atoms with E-state index in [-0.39, 0.29) is 24.9 Å². The van der Waals surface area contributed by atoms with Crippen LogP contribution in [0.1, 0.15) is 32.6 Å². The van der Waals surface area contributed by atoms with Crippen LogP contribution in [0.2, 0.25) is 0 Å². The minimum atomic E-state index is -0.641. The molecule has 9 heteroatoms. The van der Waals surface area contributed by atoms with E-state index in [2.05, 4.69) is 10.3 Å². The number of hydrogen-bond acceptors (Lipinski definition) is 6. The number of nitrogen functional groups attached to an aromatic ring is 1. The number of amides is 2. The van der Waals surface area contributed by atoms with Gasteiger partial charge < -0.3 is 26.3 Å². The zero-order valence-corrected chi connectivity index (χ0v) is 18.1. The SMILES string of the molecule is Cc1cc(OCc2ccncc2)cc(C(=O)NCc2ccc(C(=N)N)cc2OCC(N)=O)c1. The van der Waals surface area contributed by atoms with Gasteiger partial charge in [0.2, 0.25) is 0 Å². The van der Waals surface area contributed by atoms with E-state index in [1.165, 1.54) is 6.07 Å². The van der Waals surface area contributed by atoms with Gasteiger partial charge in [0.05, 0.1) is 0 Å². The van der Waals surface area contributed by atoms with Crippen LogP contribution in [0.25, 0.3) is 0 Å². The molecule has 0 atom stereocenters. The van der Waals surface area contributed by atoms with E-state index >= 15 is 0 Å². The van der Waals surface area contributed by atoms with Crippen molar-refractivity contribution in [2.24, 2.45) is 11.5 Å². The number of nitrogens with one attached hydrogen (secondary N) is 2. The first-order valence-electron chi connectivity index (χ1n) is 10.1. The van der Waals surface area contributed by atoms with Gasteiger partial charge in [-0.1, -0.05) is 12.1 Å². The van der Waals surface area contributed by atoms with Crippen molar-refractivity contribution in [1.82, 2.24) is 10.3 Å². The molecule has 0 aliphatic heterocycles. The molecule has 0 bridgehead atoms. The van der Waals surface area contributed by atoms with E-state index in [0.29, 0.717) is 34.8 Å². The highest BCUT2D eigenvalue weighted by molar-refractivity contribution is 5.96. The average Bonchev–Trinajstić information content (AvgIpc) is 2.80. The van der Waals surface area contributed by atoms with Crippen molar-refractivity contribution in [3.8, 4) is 11.5 Å². The first-order valence-corrected chi connectivity index (χ1v) is 10.1. The highest BCUT2D eigenvalue weighted by Gasteiger charge is 2.12. The Bertz CT molecular complexity index is 1160.